The number of β-amino-alcohol motifs (C(OH)–C–C–N with tert-alkyl or cyclic N) is 1. The van der Waals surface area contributed by atoms with Crippen LogP contribution in [0.3, 0.4) is 0 Å². The van der Waals surface area contributed by atoms with Gasteiger partial charge in [0.15, 0.2) is 0 Å². The Hall–Kier alpha value is -0.990. The Morgan fingerprint density at radius 2 is 1.91 bits per heavy atom. The van der Waals surface area contributed by atoms with Crippen LogP contribution in [0.15, 0.2) is 11.6 Å². The van der Waals surface area contributed by atoms with Gasteiger partial charge in [0.2, 0.25) is 5.91 Å². The van der Waals surface area contributed by atoms with E-state index in [2.05, 4.69) is 19.3 Å². The minimum Gasteiger partial charge on any atom is -0.387 e. The highest BCUT2D eigenvalue weighted by atomic mass is 31.1. The van der Waals surface area contributed by atoms with Crippen molar-refractivity contribution in [2.24, 2.45) is 23.2 Å². The maximum atomic E-state index is 13.1. The average molecular weight is 488 g/mol. The lowest BCUT2D eigenvalue weighted by Gasteiger charge is -2.46. The molecule has 0 aromatic rings. The number of rotatable bonds is 9. The van der Waals surface area contributed by atoms with Gasteiger partial charge in [0, 0.05) is 37.3 Å². The van der Waals surface area contributed by atoms with Crippen LogP contribution in [0.25, 0.3) is 0 Å². The van der Waals surface area contributed by atoms with E-state index >= 15 is 0 Å². The fraction of sp³-hybridized carbons (Fsp3) is 0.828. The van der Waals surface area contributed by atoms with Gasteiger partial charge in [0.05, 0.1) is 5.60 Å². The normalized spacial score (nSPS) is 31.1. The van der Waals surface area contributed by atoms with Crippen LogP contribution in [-0.2, 0) is 9.59 Å². The first-order chi connectivity index (χ1) is 16.3. The second kappa shape index (κ2) is 11.4. The molecular weight excluding hydrogens is 441 g/mol. The SMILES string of the molecule is C=PC[C@@H]1CC(=O)N(C[C@]2(O)CCC(CC(=O)[C@H](C)CC3CCCCC3)=CCC23CCCC3)C1. The molecule has 3 fully saturated rings. The van der Waals surface area contributed by atoms with Crippen LogP contribution in [0, 0.1) is 23.2 Å². The summed E-state index contributed by atoms with van der Waals surface area (Å²) in [5.41, 5.74) is 0.226. The molecule has 1 N–H and O–H groups in total. The summed E-state index contributed by atoms with van der Waals surface area (Å²) in [6.07, 6.45) is 22.7. The predicted molar refractivity (Wildman–Crippen MR) is 141 cm³/mol. The van der Waals surface area contributed by atoms with Crippen molar-refractivity contribution < 1.29 is 14.7 Å². The summed E-state index contributed by atoms with van der Waals surface area (Å²) < 4.78 is 0. The first kappa shape index (κ1) is 26.1. The molecule has 190 valence electrons. The van der Waals surface area contributed by atoms with Crippen molar-refractivity contribution in [2.45, 2.75) is 109 Å². The number of nitrogens with zero attached hydrogens (tertiary/aromatic N) is 1. The van der Waals surface area contributed by atoms with E-state index in [4.69, 9.17) is 0 Å². The Bertz CT molecular complexity index is 780. The highest BCUT2D eigenvalue weighted by Gasteiger charge is 2.53. The minimum atomic E-state index is -0.856. The lowest BCUT2D eigenvalue weighted by Crippen LogP contribution is -2.54. The number of likely N-dealkylation sites (tertiary alicyclic amines) is 1. The number of Topliss-reactive ketones (excluding diaryl/α,β-unsaturated/α-hetero) is 1. The van der Waals surface area contributed by atoms with E-state index in [-0.39, 0.29) is 17.2 Å². The maximum Gasteiger partial charge on any atom is 0.223 e. The van der Waals surface area contributed by atoms with E-state index in [1.807, 2.05) is 4.90 Å². The number of amides is 1. The highest BCUT2D eigenvalue weighted by molar-refractivity contribution is 7.36. The van der Waals surface area contributed by atoms with Crippen LogP contribution in [-0.4, -0.2) is 52.8 Å². The Morgan fingerprint density at radius 3 is 2.62 bits per heavy atom. The molecule has 0 aromatic heterocycles. The lowest BCUT2D eigenvalue weighted by atomic mass is 9.67. The van der Waals surface area contributed by atoms with Crippen LogP contribution in [0.2, 0.25) is 0 Å². The second-order valence-electron chi connectivity index (χ2n) is 12.1. The Kier molecular flexibility index (Phi) is 8.73. The highest BCUT2D eigenvalue weighted by Crippen LogP contribution is 2.54. The summed E-state index contributed by atoms with van der Waals surface area (Å²) in [5, 5.41) is 12.1. The molecule has 0 bridgehead atoms. The molecule has 1 saturated heterocycles. The Balaban J connectivity index is 1.40. The Morgan fingerprint density at radius 1 is 1.18 bits per heavy atom. The van der Waals surface area contributed by atoms with Crippen molar-refractivity contribution >= 4 is 26.2 Å². The maximum absolute atomic E-state index is 13.1. The van der Waals surface area contributed by atoms with Gasteiger partial charge in [-0.2, -0.15) is 0 Å². The molecule has 4 nitrogen and oxygen atoms in total. The summed E-state index contributed by atoms with van der Waals surface area (Å²) >= 11 is 0. The molecule has 4 rings (SSSR count). The van der Waals surface area contributed by atoms with Crippen LogP contribution in [0.4, 0.5) is 0 Å². The monoisotopic (exact) mass is 487 g/mol. The molecule has 3 aliphatic carbocycles. The second-order valence-corrected chi connectivity index (χ2v) is 12.9. The predicted octanol–water partition coefficient (Wildman–Crippen LogP) is 6.18. The zero-order valence-corrected chi connectivity index (χ0v) is 22.3. The third-order valence-electron chi connectivity index (χ3n) is 9.69. The number of aliphatic hydroxyl groups is 1. The smallest absolute Gasteiger partial charge is 0.223 e. The van der Waals surface area contributed by atoms with Crippen LogP contribution < -0.4 is 0 Å². The van der Waals surface area contributed by atoms with E-state index < -0.39 is 5.60 Å². The average Bonchev–Trinajstić information content (AvgIpc) is 3.41. The number of allylic oxidation sites excluding steroid dienone is 2. The topological polar surface area (TPSA) is 57.6 Å². The largest absolute Gasteiger partial charge is 0.387 e. The molecule has 0 aromatic carbocycles. The lowest BCUT2D eigenvalue weighted by molar-refractivity contribution is -0.139. The van der Waals surface area contributed by atoms with Crippen LogP contribution in [0.1, 0.15) is 103 Å². The van der Waals surface area contributed by atoms with Crippen molar-refractivity contribution in [3.8, 4) is 0 Å². The van der Waals surface area contributed by atoms with Crippen molar-refractivity contribution in [3.05, 3.63) is 11.6 Å². The quantitative estimate of drug-likeness (QED) is 0.312. The van der Waals surface area contributed by atoms with Gasteiger partial charge < -0.3 is 10.0 Å². The van der Waals surface area contributed by atoms with Gasteiger partial charge in [-0.3, -0.25) is 9.59 Å². The molecule has 3 atom stereocenters. The summed E-state index contributed by atoms with van der Waals surface area (Å²) in [6, 6.07) is 0. The van der Waals surface area contributed by atoms with E-state index in [0.29, 0.717) is 37.5 Å². The third-order valence-corrected chi connectivity index (χ3v) is 10.5. The van der Waals surface area contributed by atoms with Gasteiger partial charge in [0.1, 0.15) is 5.78 Å². The third kappa shape index (κ3) is 5.86. The fourth-order valence-electron chi connectivity index (χ4n) is 7.47. The molecule has 0 unspecified atom stereocenters. The zero-order chi connectivity index (χ0) is 24.2. The van der Waals surface area contributed by atoms with Crippen LogP contribution in [0.5, 0.6) is 0 Å². The summed E-state index contributed by atoms with van der Waals surface area (Å²) in [7, 11) is 1.09. The van der Waals surface area contributed by atoms with Gasteiger partial charge >= 0.3 is 0 Å². The van der Waals surface area contributed by atoms with Gasteiger partial charge in [0.25, 0.3) is 0 Å². The van der Waals surface area contributed by atoms with Crippen molar-refractivity contribution in [3.63, 3.8) is 0 Å². The molecule has 2 saturated carbocycles. The summed E-state index contributed by atoms with van der Waals surface area (Å²) in [6.45, 7) is 3.35. The molecule has 5 heteroatoms. The molecule has 1 aliphatic heterocycles. The van der Waals surface area contributed by atoms with Crippen molar-refractivity contribution in [1.82, 2.24) is 4.90 Å². The molecule has 0 radical (unpaired) electrons. The van der Waals surface area contributed by atoms with E-state index in [0.717, 1.165) is 71.8 Å². The molecule has 4 aliphatic rings. The summed E-state index contributed by atoms with van der Waals surface area (Å²) in [5.74, 6) is 1.81. The standard InChI is InChI=1S/C29H46NO3P/c1-22(16-23-8-4-3-5-9-23)26(31)17-24-10-14-28(12-6-7-13-28)29(33,15-11-24)21-30-19-25(20-34-2)18-27(30)32/h10,22-23,25,33H,2-9,11-21H2,1H3/t22-,25-,29-/m1/s1. The molecule has 34 heavy (non-hydrogen) atoms. The fourth-order valence-corrected chi connectivity index (χ4v) is 8.08. The van der Waals surface area contributed by atoms with E-state index in [9.17, 15) is 14.7 Å². The number of hydrogen-bond donors (Lipinski definition) is 1. The van der Waals surface area contributed by atoms with E-state index in [1.165, 1.54) is 37.7 Å². The number of hydrogen-bond acceptors (Lipinski definition) is 3. The molecule has 1 amide bonds. The number of ketones is 1. The van der Waals surface area contributed by atoms with Gasteiger partial charge in [-0.1, -0.05) is 69.8 Å². The molecule has 1 spiro atoms. The number of carbonyl (C=O) groups is 2. The van der Waals surface area contributed by atoms with Crippen molar-refractivity contribution in [1.29, 1.82) is 0 Å². The van der Waals surface area contributed by atoms with Crippen molar-refractivity contribution in [2.75, 3.05) is 19.3 Å². The van der Waals surface area contributed by atoms with Crippen LogP contribution >= 0.6 is 8.20 Å². The van der Waals surface area contributed by atoms with Gasteiger partial charge in [-0.15, -0.1) is 8.20 Å². The number of carbonyl (C=O) groups excluding carboxylic acids is 2. The Labute approximate surface area is 208 Å². The van der Waals surface area contributed by atoms with Gasteiger partial charge in [-0.25, -0.2) is 0 Å². The molecule has 1 heterocycles. The first-order valence-corrected chi connectivity index (χ1v) is 15.2. The summed E-state index contributed by atoms with van der Waals surface area (Å²) in [4.78, 5) is 27.8. The minimum absolute atomic E-state index is 0.137. The van der Waals surface area contributed by atoms with Gasteiger partial charge in [-0.05, 0) is 56.5 Å². The van der Waals surface area contributed by atoms with E-state index in [1.54, 1.807) is 0 Å². The molecular formula is C29H46NO3P. The zero-order valence-electron chi connectivity index (χ0n) is 21.4. The first-order valence-electron chi connectivity index (χ1n) is 14.0.